The quantitative estimate of drug-likeness (QED) is 0.782. The molecule has 0 unspecified atom stereocenters. The number of rotatable bonds is 7. The van der Waals surface area contributed by atoms with Crippen LogP contribution in [0.1, 0.15) is 38.1 Å². The van der Waals surface area contributed by atoms with E-state index in [1.807, 2.05) is 6.07 Å². The molecule has 6 heteroatoms. The second-order valence-corrected chi connectivity index (χ2v) is 9.29. The highest BCUT2D eigenvalue weighted by Gasteiger charge is 2.24. The molecule has 5 nitrogen and oxygen atoms in total. The highest BCUT2D eigenvalue weighted by molar-refractivity contribution is 7.92. The van der Waals surface area contributed by atoms with E-state index < -0.39 is 10.0 Å². The van der Waals surface area contributed by atoms with E-state index >= 15 is 0 Å². The van der Waals surface area contributed by atoms with Crippen molar-refractivity contribution in [1.29, 1.82) is 0 Å². The summed E-state index contributed by atoms with van der Waals surface area (Å²) in [5, 5.41) is 3.02. The largest absolute Gasteiger partial charge is 0.349 e. The normalized spacial score (nSPS) is 11.9. The first-order valence-corrected chi connectivity index (χ1v) is 10.5. The van der Waals surface area contributed by atoms with Crippen molar-refractivity contribution in [1.82, 2.24) is 5.32 Å². The van der Waals surface area contributed by atoms with Gasteiger partial charge >= 0.3 is 0 Å². The molecule has 0 aliphatic heterocycles. The lowest BCUT2D eigenvalue weighted by Gasteiger charge is -2.26. The number of nitrogens with zero attached hydrogens (tertiary/aromatic N) is 1. The fourth-order valence-electron chi connectivity index (χ4n) is 3.07. The number of carbonyl (C=O) groups is 1. The molecule has 0 heterocycles. The van der Waals surface area contributed by atoms with Gasteiger partial charge in [0.15, 0.2) is 0 Å². The fourth-order valence-corrected chi connectivity index (χ4v) is 4.31. The van der Waals surface area contributed by atoms with Crippen LogP contribution in [-0.4, -0.2) is 27.4 Å². The Morgan fingerprint density at radius 1 is 0.926 bits per heavy atom. The Bertz CT molecular complexity index is 869. The SMILES string of the molecule is CC(C)C(NC(=O)c1cccc(S(=O)(=O)N(C)c2ccccc2)c1)C(C)C. The summed E-state index contributed by atoms with van der Waals surface area (Å²) in [6.07, 6.45) is 0. The number of hydrogen-bond donors (Lipinski definition) is 1. The lowest BCUT2D eigenvalue weighted by molar-refractivity contribution is 0.0910. The molecule has 27 heavy (non-hydrogen) atoms. The lowest BCUT2D eigenvalue weighted by atomic mass is 9.93. The van der Waals surface area contributed by atoms with Crippen LogP contribution in [0.5, 0.6) is 0 Å². The van der Waals surface area contributed by atoms with Crippen molar-refractivity contribution in [2.45, 2.75) is 38.6 Å². The van der Waals surface area contributed by atoms with Gasteiger partial charge in [0.2, 0.25) is 0 Å². The molecule has 2 rings (SSSR count). The molecular formula is C21H28N2O3S. The second-order valence-electron chi connectivity index (χ2n) is 7.32. The number of amides is 1. The molecule has 1 N–H and O–H groups in total. The number of anilines is 1. The maximum atomic E-state index is 12.9. The zero-order chi connectivity index (χ0) is 20.2. The Morgan fingerprint density at radius 3 is 2.07 bits per heavy atom. The number of carbonyl (C=O) groups excluding carboxylic acids is 1. The molecule has 0 spiro atoms. The molecule has 0 radical (unpaired) electrons. The molecule has 0 saturated carbocycles. The molecule has 0 aliphatic rings. The number of sulfonamides is 1. The van der Waals surface area contributed by atoms with Gasteiger partial charge in [0.25, 0.3) is 15.9 Å². The molecule has 0 saturated heterocycles. The van der Waals surface area contributed by atoms with Crippen molar-refractivity contribution in [3.05, 3.63) is 60.2 Å². The predicted molar refractivity (Wildman–Crippen MR) is 109 cm³/mol. The van der Waals surface area contributed by atoms with Crippen molar-refractivity contribution in [2.24, 2.45) is 11.8 Å². The summed E-state index contributed by atoms with van der Waals surface area (Å²) in [5.41, 5.74) is 0.899. The Labute approximate surface area is 162 Å². The fraction of sp³-hybridized carbons (Fsp3) is 0.381. The molecule has 0 aliphatic carbocycles. The molecule has 2 aromatic rings. The number of benzene rings is 2. The minimum Gasteiger partial charge on any atom is -0.349 e. The Morgan fingerprint density at radius 2 is 1.52 bits per heavy atom. The first kappa shape index (κ1) is 21.0. The zero-order valence-corrected chi connectivity index (χ0v) is 17.3. The maximum Gasteiger partial charge on any atom is 0.264 e. The molecule has 146 valence electrons. The number of hydrogen-bond acceptors (Lipinski definition) is 3. The van der Waals surface area contributed by atoms with Gasteiger partial charge in [-0.05, 0) is 42.2 Å². The Kier molecular flexibility index (Phi) is 6.65. The first-order valence-electron chi connectivity index (χ1n) is 9.09. The van der Waals surface area contributed by atoms with Crippen LogP contribution in [0.2, 0.25) is 0 Å². The van der Waals surface area contributed by atoms with Gasteiger partial charge in [0.1, 0.15) is 0 Å². The van der Waals surface area contributed by atoms with Crippen LogP contribution in [0, 0.1) is 11.8 Å². The van der Waals surface area contributed by atoms with Gasteiger partial charge in [-0.3, -0.25) is 9.10 Å². The summed E-state index contributed by atoms with van der Waals surface area (Å²) >= 11 is 0. The topological polar surface area (TPSA) is 66.5 Å². The van der Waals surface area contributed by atoms with E-state index in [1.165, 1.54) is 23.5 Å². The molecular weight excluding hydrogens is 360 g/mol. The third-order valence-corrected chi connectivity index (χ3v) is 6.39. The van der Waals surface area contributed by atoms with Crippen LogP contribution in [0.25, 0.3) is 0 Å². The van der Waals surface area contributed by atoms with E-state index in [-0.39, 0.29) is 28.7 Å². The standard InChI is InChI=1S/C21H28N2O3S/c1-15(2)20(16(3)4)22-21(24)17-10-9-13-19(14-17)27(25,26)23(5)18-11-7-6-8-12-18/h6-16,20H,1-5H3,(H,22,24). The van der Waals surface area contributed by atoms with Crippen molar-refractivity contribution in [3.8, 4) is 0 Å². The average molecular weight is 389 g/mol. The van der Waals surface area contributed by atoms with Crippen molar-refractivity contribution in [3.63, 3.8) is 0 Å². The summed E-state index contributed by atoms with van der Waals surface area (Å²) in [5.74, 6) is 0.303. The van der Waals surface area contributed by atoms with Crippen LogP contribution in [0.4, 0.5) is 5.69 Å². The minimum absolute atomic E-state index is 0.0183. The summed E-state index contributed by atoms with van der Waals surface area (Å²) in [4.78, 5) is 12.8. The van der Waals surface area contributed by atoms with Crippen molar-refractivity contribution >= 4 is 21.6 Å². The minimum atomic E-state index is -3.76. The molecule has 0 fully saturated rings. The monoisotopic (exact) mass is 388 g/mol. The van der Waals surface area contributed by atoms with E-state index in [4.69, 9.17) is 0 Å². The van der Waals surface area contributed by atoms with Gasteiger partial charge in [-0.15, -0.1) is 0 Å². The molecule has 2 aromatic carbocycles. The highest BCUT2D eigenvalue weighted by atomic mass is 32.2. The smallest absolute Gasteiger partial charge is 0.264 e. The third-order valence-electron chi connectivity index (χ3n) is 4.61. The van der Waals surface area contributed by atoms with Crippen LogP contribution >= 0.6 is 0 Å². The average Bonchev–Trinajstić information content (AvgIpc) is 2.65. The molecule has 0 atom stereocenters. The van der Waals surface area contributed by atoms with Crippen LogP contribution in [-0.2, 0) is 10.0 Å². The van der Waals surface area contributed by atoms with Gasteiger partial charge < -0.3 is 5.32 Å². The van der Waals surface area contributed by atoms with Crippen molar-refractivity contribution < 1.29 is 13.2 Å². The predicted octanol–water partition coefficient (Wildman–Crippen LogP) is 3.92. The zero-order valence-electron chi connectivity index (χ0n) is 16.5. The summed E-state index contributed by atoms with van der Waals surface area (Å²) < 4.78 is 27.1. The summed E-state index contributed by atoms with van der Waals surface area (Å²) in [7, 11) is -2.25. The highest BCUT2D eigenvalue weighted by Crippen LogP contribution is 2.22. The van der Waals surface area contributed by atoms with Gasteiger partial charge in [-0.25, -0.2) is 8.42 Å². The van der Waals surface area contributed by atoms with Crippen LogP contribution in [0.3, 0.4) is 0 Å². The first-order chi connectivity index (χ1) is 12.6. The third kappa shape index (κ3) is 4.89. The summed E-state index contributed by atoms with van der Waals surface area (Å²) in [6.45, 7) is 8.22. The molecule has 0 aromatic heterocycles. The maximum absolute atomic E-state index is 12.9. The summed E-state index contributed by atoms with van der Waals surface area (Å²) in [6, 6.07) is 15.0. The number of para-hydroxylation sites is 1. The second kappa shape index (κ2) is 8.57. The van der Waals surface area contributed by atoms with E-state index in [1.54, 1.807) is 36.4 Å². The lowest BCUT2D eigenvalue weighted by Crippen LogP contribution is -2.42. The van der Waals surface area contributed by atoms with Gasteiger partial charge in [-0.1, -0.05) is 52.0 Å². The van der Waals surface area contributed by atoms with E-state index in [0.29, 0.717) is 11.3 Å². The van der Waals surface area contributed by atoms with Crippen LogP contribution in [0.15, 0.2) is 59.5 Å². The van der Waals surface area contributed by atoms with E-state index in [0.717, 1.165) is 0 Å². The van der Waals surface area contributed by atoms with Gasteiger partial charge in [0.05, 0.1) is 10.6 Å². The Balaban J connectivity index is 2.30. The molecule has 0 bridgehead atoms. The molecule has 1 amide bonds. The number of nitrogens with one attached hydrogen (secondary N) is 1. The van der Waals surface area contributed by atoms with Gasteiger partial charge in [0, 0.05) is 18.7 Å². The Hall–Kier alpha value is -2.34. The van der Waals surface area contributed by atoms with E-state index in [9.17, 15) is 13.2 Å². The van der Waals surface area contributed by atoms with Crippen molar-refractivity contribution in [2.75, 3.05) is 11.4 Å². The van der Waals surface area contributed by atoms with E-state index in [2.05, 4.69) is 33.0 Å². The van der Waals surface area contributed by atoms with Gasteiger partial charge in [-0.2, -0.15) is 0 Å². The van der Waals surface area contributed by atoms with Crippen LogP contribution < -0.4 is 9.62 Å².